The summed E-state index contributed by atoms with van der Waals surface area (Å²) >= 11 is 1.47. The van der Waals surface area contributed by atoms with Crippen LogP contribution in [0.4, 0.5) is 0 Å². The molecule has 0 radical (unpaired) electrons. The van der Waals surface area contributed by atoms with Crippen molar-refractivity contribution in [3.63, 3.8) is 0 Å². The van der Waals surface area contributed by atoms with Gasteiger partial charge in [-0.2, -0.15) is 0 Å². The molecule has 1 atom stereocenters. The molecule has 0 saturated heterocycles. The molecule has 4 rings (SSSR count). The predicted octanol–water partition coefficient (Wildman–Crippen LogP) is 5.08. The third-order valence-corrected chi connectivity index (χ3v) is 5.63. The molecular formula is C22H20N4OS. The first-order valence-corrected chi connectivity index (χ1v) is 9.92. The second-order valence-corrected chi connectivity index (χ2v) is 7.33. The average Bonchev–Trinajstić information content (AvgIpc) is 3.41. The molecule has 0 aliphatic carbocycles. The van der Waals surface area contributed by atoms with Crippen molar-refractivity contribution in [3.8, 4) is 10.6 Å². The van der Waals surface area contributed by atoms with Crippen molar-refractivity contribution < 1.29 is 4.79 Å². The van der Waals surface area contributed by atoms with E-state index < -0.39 is 0 Å². The number of aromatic nitrogens is 3. The van der Waals surface area contributed by atoms with Crippen molar-refractivity contribution in [3.05, 3.63) is 84.2 Å². The number of hydrogen-bond acceptors (Lipinski definition) is 4. The van der Waals surface area contributed by atoms with E-state index in [4.69, 9.17) is 0 Å². The number of H-pyrrole nitrogens is 1. The highest BCUT2D eigenvalue weighted by molar-refractivity contribution is 7.13. The first kappa shape index (κ1) is 18.1. The predicted molar refractivity (Wildman–Crippen MR) is 113 cm³/mol. The van der Waals surface area contributed by atoms with Gasteiger partial charge in [0.1, 0.15) is 16.3 Å². The molecule has 0 spiro atoms. The van der Waals surface area contributed by atoms with Gasteiger partial charge in [-0.3, -0.25) is 4.79 Å². The summed E-state index contributed by atoms with van der Waals surface area (Å²) in [4.78, 5) is 27.1. The van der Waals surface area contributed by atoms with Gasteiger partial charge in [0.15, 0.2) is 0 Å². The molecule has 0 saturated carbocycles. The third-order valence-electron chi connectivity index (χ3n) is 4.75. The Morgan fingerprint density at radius 2 is 2.11 bits per heavy atom. The molecule has 3 heterocycles. The fraction of sp³-hybridized carbons (Fsp3) is 0.136. The number of hydrogen-bond donors (Lipinski definition) is 1. The first-order chi connectivity index (χ1) is 13.7. The van der Waals surface area contributed by atoms with Crippen molar-refractivity contribution >= 4 is 28.3 Å². The molecular weight excluding hydrogens is 368 g/mol. The highest BCUT2D eigenvalue weighted by Gasteiger charge is 2.24. The van der Waals surface area contributed by atoms with Gasteiger partial charge in [-0.15, -0.1) is 17.9 Å². The van der Waals surface area contributed by atoms with Gasteiger partial charge < -0.3 is 9.88 Å². The molecule has 0 aliphatic heterocycles. The van der Waals surface area contributed by atoms with Crippen molar-refractivity contribution in [1.29, 1.82) is 0 Å². The van der Waals surface area contributed by atoms with Gasteiger partial charge >= 0.3 is 0 Å². The molecule has 0 bridgehead atoms. The summed E-state index contributed by atoms with van der Waals surface area (Å²) < 4.78 is 0. The number of thiazole rings is 1. The van der Waals surface area contributed by atoms with E-state index in [-0.39, 0.29) is 11.9 Å². The van der Waals surface area contributed by atoms with Crippen LogP contribution in [0.2, 0.25) is 0 Å². The smallest absolute Gasteiger partial charge is 0.274 e. The summed E-state index contributed by atoms with van der Waals surface area (Å²) in [5.41, 5.74) is 3.31. The summed E-state index contributed by atoms with van der Waals surface area (Å²) in [6, 6.07) is 13.8. The van der Waals surface area contributed by atoms with Gasteiger partial charge in [0.2, 0.25) is 0 Å². The lowest BCUT2D eigenvalue weighted by Crippen LogP contribution is -2.34. The maximum absolute atomic E-state index is 13.2. The van der Waals surface area contributed by atoms with Crippen LogP contribution in [0.15, 0.2) is 72.9 Å². The molecule has 0 aliphatic rings. The second-order valence-electron chi connectivity index (χ2n) is 6.47. The van der Waals surface area contributed by atoms with Crippen LogP contribution in [0.1, 0.15) is 29.0 Å². The van der Waals surface area contributed by atoms with Crippen LogP contribution < -0.4 is 0 Å². The maximum Gasteiger partial charge on any atom is 0.274 e. The maximum atomic E-state index is 13.2. The fourth-order valence-electron chi connectivity index (χ4n) is 3.26. The summed E-state index contributed by atoms with van der Waals surface area (Å²) in [6.07, 6.45) is 5.35. The van der Waals surface area contributed by atoms with Crippen LogP contribution in [0.3, 0.4) is 0 Å². The zero-order valence-corrected chi connectivity index (χ0v) is 16.3. The Balaban J connectivity index is 1.65. The molecule has 6 heteroatoms. The summed E-state index contributed by atoms with van der Waals surface area (Å²) in [5, 5.41) is 3.63. The summed E-state index contributed by atoms with van der Waals surface area (Å²) in [6.45, 7) is 6.29. The molecule has 0 fully saturated rings. The topological polar surface area (TPSA) is 61.9 Å². The second kappa shape index (κ2) is 7.78. The largest absolute Gasteiger partial charge is 0.346 e. The highest BCUT2D eigenvalue weighted by atomic mass is 32.1. The third kappa shape index (κ3) is 3.34. The highest BCUT2D eigenvalue weighted by Crippen LogP contribution is 2.30. The zero-order valence-electron chi connectivity index (χ0n) is 15.5. The van der Waals surface area contributed by atoms with E-state index >= 15 is 0 Å². The number of carbonyl (C=O) groups is 1. The van der Waals surface area contributed by atoms with E-state index in [1.165, 1.54) is 11.3 Å². The van der Waals surface area contributed by atoms with Gasteiger partial charge in [-0.05, 0) is 24.6 Å². The van der Waals surface area contributed by atoms with Crippen LogP contribution in [-0.2, 0) is 0 Å². The summed E-state index contributed by atoms with van der Waals surface area (Å²) in [7, 11) is 0. The minimum atomic E-state index is -0.0990. The Morgan fingerprint density at radius 1 is 1.29 bits per heavy atom. The van der Waals surface area contributed by atoms with Crippen molar-refractivity contribution in [1.82, 2.24) is 19.9 Å². The van der Waals surface area contributed by atoms with Crippen molar-refractivity contribution in [2.75, 3.05) is 6.54 Å². The van der Waals surface area contributed by atoms with Gasteiger partial charge in [0, 0.05) is 35.3 Å². The Morgan fingerprint density at radius 3 is 2.89 bits per heavy atom. The number of carbonyl (C=O) groups excluding carboxylic acids is 1. The van der Waals surface area contributed by atoms with Gasteiger partial charge in [-0.25, -0.2) is 9.97 Å². The van der Waals surface area contributed by atoms with Gasteiger partial charge in [0.05, 0.1) is 6.04 Å². The van der Waals surface area contributed by atoms with Crippen LogP contribution in [-0.4, -0.2) is 32.3 Å². The fourth-order valence-corrected chi connectivity index (χ4v) is 4.09. The molecule has 1 N–H and O–H groups in total. The van der Waals surface area contributed by atoms with Crippen LogP contribution in [0.5, 0.6) is 0 Å². The zero-order chi connectivity index (χ0) is 19.5. The lowest BCUT2D eigenvalue weighted by Gasteiger charge is -2.28. The Hall–Kier alpha value is -3.25. The number of aromatic amines is 1. The SMILES string of the molecule is C=CCN(C(=O)c1csc(-c2ccnc3[nH]ccc23)n1)[C@@H](C)c1ccccc1. The quantitative estimate of drug-likeness (QED) is 0.469. The van der Waals surface area contributed by atoms with E-state index in [0.717, 1.165) is 27.2 Å². The number of fused-ring (bicyclic) bond motifs is 1. The Bertz CT molecular complexity index is 1120. The summed E-state index contributed by atoms with van der Waals surface area (Å²) in [5.74, 6) is -0.0990. The minimum absolute atomic E-state index is 0.0749. The lowest BCUT2D eigenvalue weighted by molar-refractivity contribution is 0.0710. The number of benzene rings is 1. The van der Waals surface area contributed by atoms with Gasteiger partial charge in [-0.1, -0.05) is 36.4 Å². The molecule has 1 aromatic carbocycles. The Labute approximate surface area is 167 Å². The minimum Gasteiger partial charge on any atom is -0.346 e. The molecule has 0 unspecified atom stereocenters. The first-order valence-electron chi connectivity index (χ1n) is 9.04. The van der Waals surface area contributed by atoms with Crippen LogP contribution in [0.25, 0.3) is 21.6 Å². The molecule has 4 aromatic rings. The van der Waals surface area contributed by atoms with E-state index in [1.54, 1.807) is 17.2 Å². The van der Waals surface area contributed by atoms with E-state index in [9.17, 15) is 4.79 Å². The monoisotopic (exact) mass is 388 g/mol. The number of rotatable bonds is 6. The normalized spacial score (nSPS) is 12.0. The number of nitrogens with one attached hydrogen (secondary N) is 1. The Kier molecular flexibility index (Phi) is 5.04. The lowest BCUT2D eigenvalue weighted by atomic mass is 10.1. The van der Waals surface area contributed by atoms with Crippen molar-refractivity contribution in [2.24, 2.45) is 0 Å². The van der Waals surface area contributed by atoms with E-state index in [2.05, 4.69) is 21.5 Å². The molecule has 5 nitrogen and oxygen atoms in total. The number of amides is 1. The van der Waals surface area contributed by atoms with E-state index in [1.807, 2.05) is 61.0 Å². The molecule has 1 amide bonds. The number of pyridine rings is 1. The van der Waals surface area contributed by atoms with Crippen molar-refractivity contribution in [2.45, 2.75) is 13.0 Å². The number of nitrogens with zero attached hydrogens (tertiary/aromatic N) is 3. The van der Waals surface area contributed by atoms with Crippen LogP contribution in [0, 0.1) is 0 Å². The standard InChI is InChI=1S/C22H20N4OS/c1-3-13-26(15(2)16-7-5-4-6-8-16)22(27)19-14-28-21(25-19)18-10-12-24-20-17(18)9-11-23-20/h3-12,14-15H,1,13H2,2H3,(H,23,24)/t15-/m0/s1. The molecule has 140 valence electrons. The molecule has 3 aromatic heterocycles. The van der Waals surface area contributed by atoms with E-state index in [0.29, 0.717) is 12.2 Å². The van der Waals surface area contributed by atoms with Crippen LogP contribution >= 0.6 is 11.3 Å². The van der Waals surface area contributed by atoms with Gasteiger partial charge in [0.25, 0.3) is 5.91 Å². The average molecular weight is 388 g/mol. The molecule has 28 heavy (non-hydrogen) atoms.